The number of ether oxygens (including phenoxy) is 2. The Labute approximate surface area is 140 Å². The molecule has 2 aromatic rings. The van der Waals surface area contributed by atoms with Crippen molar-refractivity contribution < 1.29 is 14.3 Å². The van der Waals surface area contributed by atoms with Crippen LogP contribution >= 0.6 is 11.6 Å². The van der Waals surface area contributed by atoms with Crippen LogP contribution in [0.25, 0.3) is 17.0 Å². The molecule has 23 heavy (non-hydrogen) atoms. The second kappa shape index (κ2) is 7.44. The number of aromatic nitrogens is 1. The SMILES string of the molecule is C=Cc1cnc2c(Cl)cc(OC(OC)C(=O)NC(C)C)cc2c1. The molecule has 122 valence electrons. The Balaban J connectivity index is 2.31. The van der Waals surface area contributed by atoms with E-state index in [1.54, 1.807) is 24.4 Å². The second-order valence-corrected chi connectivity index (χ2v) is 5.71. The standard InChI is InChI=1S/C17H19ClN2O3/c1-5-11-6-12-7-13(8-14(18)15(12)19-9-11)23-17(22-4)16(21)20-10(2)3/h5-10,17H,1H2,2-4H3,(H,20,21). The number of hydrogen-bond acceptors (Lipinski definition) is 4. The summed E-state index contributed by atoms with van der Waals surface area (Å²) in [6.45, 7) is 7.44. The average molecular weight is 335 g/mol. The number of benzene rings is 1. The van der Waals surface area contributed by atoms with Gasteiger partial charge in [0.05, 0.1) is 10.5 Å². The van der Waals surface area contributed by atoms with Crippen LogP contribution in [0.15, 0.2) is 31.0 Å². The van der Waals surface area contributed by atoms with Gasteiger partial charge in [-0.05, 0) is 31.5 Å². The van der Waals surface area contributed by atoms with E-state index < -0.39 is 6.29 Å². The lowest BCUT2D eigenvalue weighted by Gasteiger charge is -2.19. The zero-order valence-corrected chi connectivity index (χ0v) is 14.1. The molecule has 5 nitrogen and oxygen atoms in total. The number of methoxy groups -OCH3 is 1. The molecule has 1 aromatic carbocycles. The predicted octanol–water partition coefficient (Wildman–Crippen LogP) is 3.41. The molecule has 0 saturated carbocycles. The molecular formula is C17H19ClN2O3. The van der Waals surface area contributed by atoms with E-state index in [0.29, 0.717) is 16.3 Å². The quantitative estimate of drug-likeness (QED) is 0.822. The van der Waals surface area contributed by atoms with Crippen LogP contribution in [0.4, 0.5) is 0 Å². The zero-order valence-electron chi connectivity index (χ0n) is 13.3. The molecule has 1 heterocycles. The number of carbonyl (C=O) groups is 1. The van der Waals surface area contributed by atoms with Crippen molar-refractivity contribution in [3.05, 3.63) is 41.6 Å². The third kappa shape index (κ3) is 4.21. The minimum absolute atomic E-state index is 0.0108. The Bertz CT molecular complexity index is 731. The summed E-state index contributed by atoms with van der Waals surface area (Å²) in [6.07, 6.45) is 2.33. The topological polar surface area (TPSA) is 60.5 Å². The molecule has 0 radical (unpaired) electrons. The van der Waals surface area contributed by atoms with Gasteiger partial charge < -0.3 is 14.8 Å². The van der Waals surface area contributed by atoms with Crippen molar-refractivity contribution in [3.8, 4) is 5.75 Å². The molecule has 0 aliphatic rings. The fraction of sp³-hybridized carbons (Fsp3) is 0.294. The summed E-state index contributed by atoms with van der Waals surface area (Å²) in [5, 5.41) is 3.97. The number of fused-ring (bicyclic) bond motifs is 1. The predicted molar refractivity (Wildman–Crippen MR) is 91.5 cm³/mol. The van der Waals surface area contributed by atoms with E-state index in [1.165, 1.54) is 7.11 Å². The van der Waals surface area contributed by atoms with Crippen LogP contribution in [-0.4, -0.2) is 30.3 Å². The molecule has 1 unspecified atom stereocenters. The highest BCUT2D eigenvalue weighted by molar-refractivity contribution is 6.35. The van der Waals surface area contributed by atoms with Crippen molar-refractivity contribution >= 4 is 34.5 Å². The fourth-order valence-electron chi connectivity index (χ4n) is 2.06. The summed E-state index contributed by atoms with van der Waals surface area (Å²) < 4.78 is 10.7. The number of hydrogen-bond donors (Lipinski definition) is 1. The van der Waals surface area contributed by atoms with E-state index in [2.05, 4.69) is 16.9 Å². The lowest BCUT2D eigenvalue weighted by atomic mass is 10.1. The number of nitrogens with zero attached hydrogens (tertiary/aromatic N) is 1. The summed E-state index contributed by atoms with van der Waals surface area (Å²) in [6, 6.07) is 5.25. The highest BCUT2D eigenvalue weighted by Gasteiger charge is 2.21. The number of carbonyl (C=O) groups excluding carboxylic acids is 1. The van der Waals surface area contributed by atoms with Crippen molar-refractivity contribution in [2.24, 2.45) is 0 Å². The van der Waals surface area contributed by atoms with Crippen molar-refractivity contribution in [3.63, 3.8) is 0 Å². The van der Waals surface area contributed by atoms with Crippen molar-refractivity contribution in [1.82, 2.24) is 10.3 Å². The van der Waals surface area contributed by atoms with Crippen molar-refractivity contribution in [1.29, 1.82) is 0 Å². The van der Waals surface area contributed by atoms with Gasteiger partial charge in [-0.2, -0.15) is 0 Å². The number of pyridine rings is 1. The van der Waals surface area contributed by atoms with Gasteiger partial charge in [0.25, 0.3) is 12.2 Å². The molecule has 0 spiro atoms. The summed E-state index contributed by atoms with van der Waals surface area (Å²) in [7, 11) is 1.41. The lowest BCUT2D eigenvalue weighted by Crippen LogP contribution is -2.42. The van der Waals surface area contributed by atoms with Gasteiger partial charge in [-0.25, -0.2) is 0 Å². The molecule has 0 aliphatic heterocycles. The first-order valence-electron chi connectivity index (χ1n) is 7.16. The molecule has 2 rings (SSSR count). The van der Waals surface area contributed by atoms with Crippen molar-refractivity contribution in [2.45, 2.75) is 26.2 Å². The average Bonchev–Trinajstić information content (AvgIpc) is 2.51. The maximum Gasteiger partial charge on any atom is 0.289 e. The zero-order chi connectivity index (χ0) is 17.0. The summed E-state index contributed by atoms with van der Waals surface area (Å²) in [5.41, 5.74) is 1.52. The van der Waals surface area contributed by atoms with Gasteiger partial charge in [-0.3, -0.25) is 9.78 Å². The van der Waals surface area contributed by atoms with E-state index in [1.807, 2.05) is 19.9 Å². The summed E-state index contributed by atoms with van der Waals surface area (Å²) in [4.78, 5) is 16.3. The molecule has 1 aromatic heterocycles. The van der Waals surface area contributed by atoms with E-state index >= 15 is 0 Å². The monoisotopic (exact) mass is 334 g/mol. The first-order valence-corrected chi connectivity index (χ1v) is 7.54. The Hall–Kier alpha value is -2.11. The Morgan fingerprint density at radius 1 is 1.39 bits per heavy atom. The van der Waals surface area contributed by atoms with E-state index in [-0.39, 0.29) is 11.9 Å². The Kier molecular flexibility index (Phi) is 5.58. The Morgan fingerprint density at radius 2 is 2.13 bits per heavy atom. The maximum atomic E-state index is 12.0. The second-order valence-electron chi connectivity index (χ2n) is 5.30. The van der Waals surface area contributed by atoms with Crippen LogP contribution in [0, 0.1) is 0 Å². The number of nitrogens with one attached hydrogen (secondary N) is 1. The smallest absolute Gasteiger partial charge is 0.289 e. The molecular weight excluding hydrogens is 316 g/mol. The van der Waals surface area contributed by atoms with Crippen molar-refractivity contribution in [2.75, 3.05) is 7.11 Å². The minimum Gasteiger partial charge on any atom is -0.455 e. The van der Waals surface area contributed by atoms with Crippen LogP contribution in [0.2, 0.25) is 5.02 Å². The third-order valence-corrected chi connectivity index (χ3v) is 3.36. The highest BCUT2D eigenvalue weighted by atomic mass is 35.5. The van der Waals surface area contributed by atoms with E-state index in [4.69, 9.17) is 21.1 Å². The lowest BCUT2D eigenvalue weighted by molar-refractivity contribution is -0.148. The van der Waals surface area contributed by atoms with Gasteiger partial charge in [0.1, 0.15) is 5.75 Å². The van der Waals surface area contributed by atoms with E-state index in [9.17, 15) is 4.79 Å². The molecule has 1 atom stereocenters. The fourth-order valence-corrected chi connectivity index (χ4v) is 2.33. The van der Waals surface area contributed by atoms with Gasteiger partial charge in [0, 0.05) is 30.8 Å². The molecule has 0 fully saturated rings. The molecule has 0 aliphatic carbocycles. The molecule has 0 saturated heterocycles. The van der Waals surface area contributed by atoms with Gasteiger partial charge in [0.2, 0.25) is 0 Å². The van der Waals surface area contributed by atoms with Crippen LogP contribution in [-0.2, 0) is 9.53 Å². The van der Waals surface area contributed by atoms with Gasteiger partial charge in [-0.1, -0.05) is 24.3 Å². The van der Waals surface area contributed by atoms with Gasteiger partial charge in [-0.15, -0.1) is 0 Å². The maximum absolute atomic E-state index is 12.0. The van der Waals surface area contributed by atoms with Crippen LogP contribution in [0.1, 0.15) is 19.4 Å². The first kappa shape index (κ1) is 17.2. The Morgan fingerprint density at radius 3 is 2.74 bits per heavy atom. The third-order valence-electron chi connectivity index (χ3n) is 3.07. The van der Waals surface area contributed by atoms with Gasteiger partial charge in [0.15, 0.2) is 0 Å². The molecule has 1 N–H and O–H groups in total. The largest absolute Gasteiger partial charge is 0.455 e. The first-order chi connectivity index (χ1) is 10.9. The number of halogens is 1. The molecule has 1 amide bonds. The highest BCUT2D eigenvalue weighted by Crippen LogP contribution is 2.29. The summed E-state index contributed by atoms with van der Waals surface area (Å²) >= 11 is 6.24. The normalized spacial score (nSPS) is 12.2. The van der Waals surface area contributed by atoms with E-state index in [0.717, 1.165) is 10.9 Å². The molecule has 0 bridgehead atoms. The number of amides is 1. The summed E-state index contributed by atoms with van der Waals surface area (Å²) in [5.74, 6) is 0.0768. The van der Waals surface area contributed by atoms with Crippen LogP contribution < -0.4 is 10.1 Å². The number of rotatable bonds is 6. The molecule has 6 heteroatoms. The van der Waals surface area contributed by atoms with Gasteiger partial charge >= 0.3 is 0 Å². The van der Waals surface area contributed by atoms with Crippen LogP contribution in [0.5, 0.6) is 5.75 Å². The minimum atomic E-state index is -1.05. The van der Waals surface area contributed by atoms with Crippen LogP contribution in [0.3, 0.4) is 0 Å².